The molecule has 0 saturated heterocycles. The van der Waals surface area contributed by atoms with Crippen LogP contribution in [0.25, 0.3) is 75.1 Å². The van der Waals surface area contributed by atoms with E-state index in [0.717, 1.165) is 39.2 Å². The van der Waals surface area contributed by atoms with Gasteiger partial charge in [-0.1, -0.05) is 117 Å². The van der Waals surface area contributed by atoms with Crippen molar-refractivity contribution in [1.82, 2.24) is 0 Å². The summed E-state index contributed by atoms with van der Waals surface area (Å²) in [5.41, 5.74) is 12.9. The summed E-state index contributed by atoms with van der Waals surface area (Å²) in [5, 5.41) is 7.36. The summed E-state index contributed by atoms with van der Waals surface area (Å²) in [5.74, 6) is 0. The molecular weight excluding hydrogens is 651 g/mol. The van der Waals surface area contributed by atoms with E-state index in [2.05, 4.69) is 176 Å². The third-order valence-electron chi connectivity index (χ3n) is 11.3. The number of para-hydroxylation sites is 1. The average Bonchev–Trinajstić information content (AvgIpc) is 3.82. The fourth-order valence-corrected chi connectivity index (χ4v) is 9.85. The molecule has 2 aromatic heterocycles. The van der Waals surface area contributed by atoms with Gasteiger partial charge in [-0.2, -0.15) is 0 Å². The van der Waals surface area contributed by atoms with Crippen LogP contribution in [0.3, 0.4) is 0 Å². The minimum Gasteiger partial charge on any atom is -0.456 e. The molecule has 0 aliphatic heterocycles. The summed E-state index contributed by atoms with van der Waals surface area (Å²) >= 11 is 1.86. The Morgan fingerprint density at radius 3 is 1.94 bits per heavy atom. The molecule has 0 spiro atoms. The van der Waals surface area contributed by atoms with Crippen molar-refractivity contribution in [3.8, 4) is 22.3 Å². The molecule has 1 aliphatic carbocycles. The Hall–Kier alpha value is -6.16. The van der Waals surface area contributed by atoms with Crippen molar-refractivity contribution in [3.63, 3.8) is 0 Å². The molecular formula is C49H33NOS. The fourth-order valence-electron chi connectivity index (χ4n) is 8.77. The standard InChI is InChI=1S/C49H33NOS/c1-49(2)42-16-8-5-12-35(42)40-27-32(23-25-43(40)49)50(33-24-26-47-41(28-33)36-13-7-10-18-46(36)52-47)31-21-19-30(20-22-31)39-29-45-48(37-14-4-3-11-34(37)39)38-15-6-9-17-44(38)51-45/h3-29H,1-2H3. The number of benzene rings is 8. The second-order valence-corrected chi connectivity index (χ2v) is 15.6. The maximum Gasteiger partial charge on any atom is 0.136 e. The van der Waals surface area contributed by atoms with Crippen molar-refractivity contribution in [3.05, 3.63) is 175 Å². The first-order valence-electron chi connectivity index (χ1n) is 17.9. The number of rotatable bonds is 4. The van der Waals surface area contributed by atoms with E-state index in [9.17, 15) is 0 Å². The summed E-state index contributed by atoms with van der Waals surface area (Å²) in [6.45, 7) is 4.69. The summed E-state index contributed by atoms with van der Waals surface area (Å²) in [7, 11) is 0. The molecule has 11 rings (SSSR count). The van der Waals surface area contributed by atoms with Crippen LogP contribution in [0, 0.1) is 0 Å². The van der Waals surface area contributed by atoms with Gasteiger partial charge in [0.25, 0.3) is 0 Å². The van der Waals surface area contributed by atoms with E-state index in [4.69, 9.17) is 4.42 Å². The Labute approximate surface area is 305 Å². The largest absolute Gasteiger partial charge is 0.456 e. The topological polar surface area (TPSA) is 16.4 Å². The first-order valence-corrected chi connectivity index (χ1v) is 18.7. The molecule has 0 radical (unpaired) electrons. The Bertz CT molecular complexity index is 3050. The molecule has 0 fully saturated rings. The molecule has 0 unspecified atom stereocenters. The first-order chi connectivity index (χ1) is 25.5. The molecule has 2 nitrogen and oxygen atoms in total. The molecule has 0 atom stereocenters. The first kappa shape index (κ1) is 29.6. The molecule has 3 heteroatoms. The van der Waals surface area contributed by atoms with E-state index in [-0.39, 0.29) is 5.41 Å². The third-order valence-corrected chi connectivity index (χ3v) is 12.4. The predicted octanol–water partition coefficient (Wildman–Crippen LogP) is 14.6. The zero-order valence-electron chi connectivity index (χ0n) is 28.9. The summed E-state index contributed by atoms with van der Waals surface area (Å²) in [4.78, 5) is 2.42. The van der Waals surface area contributed by atoms with E-state index in [1.165, 1.54) is 64.1 Å². The highest BCUT2D eigenvalue weighted by Crippen LogP contribution is 2.51. The number of fused-ring (bicyclic) bond motifs is 11. The number of anilines is 3. The van der Waals surface area contributed by atoms with Crippen LogP contribution in [-0.2, 0) is 5.41 Å². The zero-order chi connectivity index (χ0) is 34.6. The lowest BCUT2D eigenvalue weighted by Crippen LogP contribution is -2.15. The SMILES string of the molecule is CC1(C)c2ccccc2-c2cc(N(c3ccc(-c4cc5oc6ccccc6c5c5ccccc45)cc3)c3ccc4sc5ccccc5c4c3)ccc21. The highest BCUT2D eigenvalue weighted by Gasteiger charge is 2.35. The minimum atomic E-state index is -0.0465. The van der Waals surface area contributed by atoms with E-state index >= 15 is 0 Å². The Balaban J connectivity index is 1.10. The molecule has 0 saturated carbocycles. The molecule has 1 aliphatic rings. The lowest BCUT2D eigenvalue weighted by atomic mass is 9.82. The molecule has 0 bridgehead atoms. The molecule has 0 amide bonds. The molecule has 10 aromatic rings. The van der Waals surface area contributed by atoms with Crippen LogP contribution in [0.15, 0.2) is 168 Å². The quantitative estimate of drug-likeness (QED) is 0.184. The van der Waals surface area contributed by atoms with E-state index in [1.807, 2.05) is 17.4 Å². The van der Waals surface area contributed by atoms with Gasteiger partial charge in [-0.3, -0.25) is 0 Å². The van der Waals surface area contributed by atoms with E-state index in [1.54, 1.807) is 0 Å². The number of thiophene rings is 1. The lowest BCUT2D eigenvalue weighted by molar-refractivity contribution is 0.660. The number of hydrogen-bond donors (Lipinski definition) is 0. The van der Waals surface area contributed by atoms with E-state index < -0.39 is 0 Å². The van der Waals surface area contributed by atoms with Crippen LogP contribution in [0.5, 0.6) is 0 Å². The summed E-state index contributed by atoms with van der Waals surface area (Å²) < 4.78 is 9.05. The normalized spacial score (nSPS) is 13.3. The maximum absolute atomic E-state index is 6.43. The summed E-state index contributed by atoms with van der Waals surface area (Å²) in [6.07, 6.45) is 0. The van der Waals surface area contributed by atoms with Crippen molar-refractivity contribution in [1.29, 1.82) is 0 Å². The van der Waals surface area contributed by atoms with Gasteiger partial charge in [0.2, 0.25) is 0 Å². The maximum atomic E-state index is 6.43. The van der Waals surface area contributed by atoms with Crippen LogP contribution >= 0.6 is 11.3 Å². The monoisotopic (exact) mass is 683 g/mol. The second kappa shape index (κ2) is 10.9. The van der Waals surface area contributed by atoms with Crippen LogP contribution in [-0.4, -0.2) is 0 Å². The molecule has 246 valence electrons. The molecule has 2 heterocycles. The van der Waals surface area contributed by atoms with Crippen molar-refractivity contribution in [2.24, 2.45) is 0 Å². The summed E-state index contributed by atoms with van der Waals surface area (Å²) in [6, 6.07) is 60.0. The average molecular weight is 684 g/mol. The van der Waals surface area contributed by atoms with Gasteiger partial charge in [0.05, 0.1) is 0 Å². The van der Waals surface area contributed by atoms with Crippen molar-refractivity contribution >= 4 is 81.3 Å². The van der Waals surface area contributed by atoms with Gasteiger partial charge in [-0.25, -0.2) is 0 Å². The number of furan rings is 1. The smallest absolute Gasteiger partial charge is 0.136 e. The van der Waals surface area contributed by atoms with Gasteiger partial charge < -0.3 is 9.32 Å². The fraction of sp³-hybridized carbons (Fsp3) is 0.0612. The minimum absolute atomic E-state index is 0.0465. The molecule has 52 heavy (non-hydrogen) atoms. The van der Waals surface area contributed by atoms with Gasteiger partial charge in [-0.05, 0) is 105 Å². The van der Waals surface area contributed by atoms with Gasteiger partial charge in [-0.15, -0.1) is 11.3 Å². The highest BCUT2D eigenvalue weighted by molar-refractivity contribution is 7.25. The van der Waals surface area contributed by atoms with Gasteiger partial charge in [0.1, 0.15) is 11.2 Å². The third kappa shape index (κ3) is 4.23. The molecule has 8 aromatic carbocycles. The zero-order valence-corrected chi connectivity index (χ0v) is 29.7. The van der Waals surface area contributed by atoms with Crippen LogP contribution in [0.4, 0.5) is 17.1 Å². The number of hydrogen-bond acceptors (Lipinski definition) is 3. The highest BCUT2D eigenvalue weighted by atomic mass is 32.1. The van der Waals surface area contributed by atoms with Crippen LogP contribution < -0.4 is 4.90 Å². The Kier molecular flexibility index (Phi) is 6.21. The van der Waals surface area contributed by atoms with Gasteiger partial charge in [0, 0.05) is 53.4 Å². The number of nitrogens with zero attached hydrogens (tertiary/aromatic N) is 1. The molecule has 0 N–H and O–H groups in total. The Morgan fingerprint density at radius 2 is 1.08 bits per heavy atom. The van der Waals surface area contributed by atoms with Crippen molar-refractivity contribution in [2.45, 2.75) is 19.3 Å². The van der Waals surface area contributed by atoms with Gasteiger partial charge in [0.15, 0.2) is 0 Å². The van der Waals surface area contributed by atoms with Crippen molar-refractivity contribution in [2.75, 3.05) is 4.90 Å². The Morgan fingerprint density at radius 1 is 0.442 bits per heavy atom. The van der Waals surface area contributed by atoms with E-state index in [0.29, 0.717) is 0 Å². The predicted molar refractivity (Wildman–Crippen MR) is 222 cm³/mol. The van der Waals surface area contributed by atoms with Crippen LogP contribution in [0.2, 0.25) is 0 Å². The van der Waals surface area contributed by atoms with Gasteiger partial charge >= 0.3 is 0 Å². The lowest BCUT2D eigenvalue weighted by Gasteiger charge is -2.27. The van der Waals surface area contributed by atoms with Crippen LogP contribution in [0.1, 0.15) is 25.0 Å². The van der Waals surface area contributed by atoms with Crippen molar-refractivity contribution < 1.29 is 4.42 Å². The second-order valence-electron chi connectivity index (χ2n) is 14.5.